The molecule has 0 atom stereocenters. The first-order valence-electron chi connectivity index (χ1n) is 4.26. The van der Waals surface area contributed by atoms with Crippen LogP contribution in [0.3, 0.4) is 0 Å². The normalized spacial score (nSPS) is 9.60. The van der Waals surface area contributed by atoms with Crippen molar-refractivity contribution < 1.29 is 0 Å². The second-order valence-electron chi connectivity index (χ2n) is 2.93. The second-order valence-corrected chi connectivity index (χ2v) is 3.84. The van der Waals surface area contributed by atoms with Crippen molar-refractivity contribution in [3.63, 3.8) is 0 Å². The molecule has 2 rings (SSSR count). The molecule has 1 aromatic carbocycles. The van der Waals surface area contributed by atoms with Crippen LogP contribution in [0.25, 0.3) is 11.1 Å². The van der Waals surface area contributed by atoms with Gasteiger partial charge in [-0.25, -0.2) is 9.97 Å². The Hall–Kier alpha value is -1.73. The monoisotopic (exact) mass is 259 g/mol. The highest BCUT2D eigenvalue weighted by Crippen LogP contribution is 2.24. The minimum atomic E-state index is 0.610. The second kappa shape index (κ2) is 4.20. The van der Waals surface area contributed by atoms with Gasteiger partial charge in [-0.1, -0.05) is 22.0 Å². The molecule has 0 aliphatic carbocycles. The van der Waals surface area contributed by atoms with Gasteiger partial charge >= 0.3 is 0 Å². The van der Waals surface area contributed by atoms with E-state index in [4.69, 9.17) is 5.26 Å². The summed E-state index contributed by atoms with van der Waals surface area (Å²) in [6, 6.07) is 7.70. The molecule has 0 saturated heterocycles. The van der Waals surface area contributed by atoms with E-state index in [-0.39, 0.29) is 0 Å². The average Bonchev–Trinajstić information content (AvgIpc) is 2.30. The van der Waals surface area contributed by atoms with Crippen molar-refractivity contribution in [2.75, 3.05) is 0 Å². The largest absolute Gasteiger partial charge is 0.244 e. The lowest BCUT2D eigenvalue weighted by Gasteiger charge is -2.02. The van der Waals surface area contributed by atoms with Crippen LogP contribution in [0.2, 0.25) is 0 Å². The maximum atomic E-state index is 8.99. The van der Waals surface area contributed by atoms with Crippen molar-refractivity contribution in [3.8, 4) is 17.2 Å². The van der Waals surface area contributed by atoms with Crippen molar-refractivity contribution >= 4 is 15.9 Å². The third-order valence-electron chi connectivity index (χ3n) is 1.97. The van der Waals surface area contributed by atoms with Crippen LogP contribution in [0.5, 0.6) is 0 Å². The molecule has 0 saturated carbocycles. The van der Waals surface area contributed by atoms with Crippen LogP contribution in [0.1, 0.15) is 5.56 Å². The van der Waals surface area contributed by atoms with Gasteiger partial charge in [-0.05, 0) is 12.1 Å². The van der Waals surface area contributed by atoms with Gasteiger partial charge in [0.1, 0.15) is 6.33 Å². The van der Waals surface area contributed by atoms with Crippen LogP contribution < -0.4 is 0 Å². The highest BCUT2D eigenvalue weighted by atomic mass is 79.9. The molecule has 72 valence electrons. The van der Waals surface area contributed by atoms with E-state index in [1.165, 1.54) is 6.33 Å². The lowest BCUT2D eigenvalue weighted by molar-refractivity contribution is 1.17. The van der Waals surface area contributed by atoms with Crippen molar-refractivity contribution in [2.45, 2.75) is 0 Å². The summed E-state index contributed by atoms with van der Waals surface area (Å²) >= 11 is 3.33. The van der Waals surface area contributed by atoms with Gasteiger partial charge in [0, 0.05) is 28.0 Å². The van der Waals surface area contributed by atoms with E-state index in [1.807, 2.05) is 12.1 Å². The first-order valence-corrected chi connectivity index (χ1v) is 5.05. The van der Waals surface area contributed by atoms with Gasteiger partial charge in [-0.3, -0.25) is 0 Å². The molecule has 3 nitrogen and oxygen atoms in total. The van der Waals surface area contributed by atoms with E-state index in [0.717, 1.165) is 15.6 Å². The quantitative estimate of drug-likeness (QED) is 0.792. The fourth-order valence-corrected chi connectivity index (χ4v) is 1.66. The summed E-state index contributed by atoms with van der Waals surface area (Å²) in [6.45, 7) is 0. The number of rotatable bonds is 1. The van der Waals surface area contributed by atoms with Crippen molar-refractivity contribution in [2.24, 2.45) is 0 Å². The Labute approximate surface area is 95.6 Å². The Balaban J connectivity index is 2.60. The lowest BCUT2D eigenvalue weighted by Crippen LogP contribution is -1.86. The Morgan fingerprint density at radius 3 is 2.60 bits per heavy atom. The van der Waals surface area contributed by atoms with Crippen LogP contribution in [0.4, 0.5) is 0 Å². The SMILES string of the molecule is N#Cc1cc(Br)ccc1-c1cncnc1. The zero-order chi connectivity index (χ0) is 10.7. The lowest BCUT2D eigenvalue weighted by atomic mass is 10.0. The highest BCUT2D eigenvalue weighted by molar-refractivity contribution is 9.10. The van der Waals surface area contributed by atoms with Crippen LogP contribution >= 0.6 is 15.9 Å². The van der Waals surface area contributed by atoms with Gasteiger partial charge in [-0.2, -0.15) is 5.26 Å². The summed E-state index contributed by atoms with van der Waals surface area (Å²) in [5.74, 6) is 0. The van der Waals surface area contributed by atoms with Crippen molar-refractivity contribution in [1.82, 2.24) is 9.97 Å². The predicted molar refractivity (Wildman–Crippen MR) is 59.9 cm³/mol. The molecule has 0 radical (unpaired) electrons. The molecule has 2 aromatic rings. The van der Waals surface area contributed by atoms with Crippen LogP contribution in [0.15, 0.2) is 41.4 Å². The van der Waals surface area contributed by atoms with Crippen LogP contribution in [-0.2, 0) is 0 Å². The number of nitriles is 1. The fraction of sp³-hybridized carbons (Fsp3) is 0. The van der Waals surface area contributed by atoms with E-state index >= 15 is 0 Å². The van der Waals surface area contributed by atoms with E-state index < -0.39 is 0 Å². The maximum absolute atomic E-state index is 8.99. The molecular weight excluding hydrogens is 254 g/mol. The third kappa shape index (κ3) is 2.03. The minimum absolute atomic E-state index is 0.610. The number of halogens is 1. The van der Waals surface area contributed by atoms with Crippen molar-refractivity contribution in [3.05, 3.63) is 47.0 Å². The van der Waals surface area contributed by atoms with Gasteiger partial charge in [0.25, 0.3) is 0 Å². The zero-order valence-corrected chi connectivity index (χ0v) is 9.27. The van der Waals surface area contributed by atoms with E-state index in [1.54, 1.807) is 18.5 Å². The van der Waals surface area contributed by atoms with E-state index in [9.17, 15) is 0 Å². The molecule has 0 bridgehead atoms. The predicted octanol–water partition coefficient (Wildman–Crippen LogP) is 2.78. The minimum Gasteiger partial charge on any atom is -0.244 e. The summed E-state index contributed by atoms with van der Waals surface area (Å²) < 4.78 is 0.889. The molecule has 4 heteroatoms. The summed E-state index contributed by atoms with van der Waals surface area (Å²) in [6.07, 6.45) is 4.85. The number of nitrogens with zero attached hydrogens (tertiary/aromatic N) is 3. The number of hydrogen-bond acceptors (Lipinski definition) is 3. The van der Waals surface area contributed by atoms with Gasteiger partial charge in [0.15, 0.2) is 0 Å². The van der Waals surface area contributed by atoms with E-state index in [0.29, 0.717) is 5.56 Å². The topological polar surface area (TPSA) is 49.6 Å². The van der Waals surface area contributed by atoms with Gasteiger partial charge in [-0.15, -0.1) is 0 Å². The Kier molecular flexibility index (Phi) is 2.75. The molecule has 0 unspecified atom stereocenters. The van der Waals surface area contributed by atoms with E-state index in [2.05, 4.69) is 32.0 Å². The Morgan fingerprint density at radius 1 is 1.20 bits per heavy atom. The number of hydrogen-bond donors (Lipinski definition) is 0. The molecule has 0 aliphatic rings. The molecule has 0 N–H and O–H groups in total. The molecule has 0 spiro atoms. The molecule has 1 heterocycles. The van der Waals surface area contributed by atoms with Gasteiger partial charge in [0.05, 0.1) is 11.6 Å². The van der Waals surface area contributed by atoms with Crippen LogP contribution in [0, 0.1) is 11.3 Å². The Morgan fingerprint density at radius 2 is 1.93 bits per heavy atom. The van der Waals surface area contributed by atoms with Crippen LogP contribution in [-0.4, -0.2) is 9.97 Å². The molecule has 0 fully saturated rings. The summed E-state index contributed by atoms with van der Waals surface area (Å²) in [4.78, 5) is 7.85. The summed E-state index contributed by atoms with van der Waals surface area (Å²) in [5.41, 5.74) is 2.31. The average molecular weight is 260 g/mol. The zero-order valence-electron chi connectivity index (χ0n) is 7.68. The smallest absolute Gasteiger partial charge is 0.115 e. The first-order chi connectivity index (χ1) is 7.31. The highest BCUT2D eigenvalue weighted by Gasteiger charge is 2.05. The maximum Gasteiger partial charge on any atom is 0.115 e. The number of aromatic nitrogens is 2. The molecule has 0 amide bonds. The molecule has 1 aromatic heterocycles. The number of benzene rings is 1. The molecule has 15 heavy (non-hydrogen) atoms. The molecule has 0 aliphatic heterocycles. The standard InChI is InChI=1S/C11H6BrN3/c12-10-1-2-11(8(3-10)4-13)9-5-14-7-15-6-9/h1-3,5-7H. The molecular formula is C11H6BrN3. The fourth-order valence-electron chi connectivity index (χ4n) is 1.30. The Bertz CT molecular complexity index is 517. The third-order valence-corrected chi connectivity index (χ3v) is 2.47. The summed E-state index contributed by atoms with van der Waals surface area (Å²) in [7, 11) is 0. The van der Waals surface area contributed by atoms with Crippen molar-refractivity contribution in [1.29, 1.82) is 5.26 Å². The van der Waals surface area contributed by atoms with Gasteiger partial charge < -0.3 is 0 Å². The first kappa shape index (κ1) is 9.81. The van der Waals surface area contributed by atoms with Gasteiger partial charge in [0.2, 0.25) is 0 Å². The summed E-state index contributed by atoms with van der Waals surface area (Å²) in [5, 5.41) is 8.99.